The monoisotopic (exact) mass is 315 g/mol. The van der Waals surface area contributed by atoms with Gasteiger partial charge in [0.15, 0.2) is 0 Å². The number of pyridine rings is 1. The highest BCUT2D eigenvalue weighted by Gasteiger charge is 2.25. The van der Waals surface area contributed by atoms with Crippen molar-refractivity contribution in [2.24, 2.45) is 0 Å². The summed E-state index contributed by atoms with van der Waals surface area (Å²) < 4.78 is 0. The van der Waals surface area contributed by atoms with Crippen molar-refractivity contribution in [3.05, 3.63) is 28.0 Å². The van der Waals surface area contributed by atoms with Gasteiger partial charge in [-0.05, 0) is 25.5 Å². The van der Waals surface area contributed by atoms with Crippen LogP contribution in [0.4, 0.5) is 0 Å². The van der Waals surface area contributed by atoms with Gasteiger partial charge in [0.1, 0.15) is 10.3 Å². The maximum Gasteiger partial charge on any atom is 0.257 e. The first-order valence-corrected chi connectivity index (χ1v) is 7.64. The molecule has 4 nitrogen and oxygen atoms in total. The van der Waals surface area contributed by atoms with Gasteiger partial charge >= 0.3 is 0 Å². The molecule has 1 atom stereocenters. The molecule has 110 valence electrons. The molecule has 1 amide bonds. The molecule has 0 N–H and O–H groups in total. The van der Waals surface area contributed by atoms with Crippen molar-refractivity contribution in [3.63, 3.8) is 0 Å². The standard InChI is InChI=1S/C14H19Cl2N3O/c1-3-10(2)18-6-8-19(9-7-18)14(20)11-4-5-12(15)17-13(11)16/h4-5,10H,3,6-9H2,1-2H3. The van der Waals surface area contributed by atoms with Crippen LogP contribution in [0.5, 0.6) is 0 Å². The molecule has 0 bridgehead atoms. The van der Waals surface area contributed by atoms with Crippen molar-refractivity contribution in [1.82, 2.24) is 14.8 Å². The number of nitrogens with zero attached hydrogens (tertiary/aromatic N) is 3. The summed E-state index contributed by atoms with van der Waals surface area (Å²) >= 11 is 11.7. The van der Waals surface area contributed by atoms with E-state index in [0.717, 1.165) is 32.6 Å². The Labute approximate surface area is 129 Å². The second kappa shape index (κ2) is 6.74. The number of hydrogen-bond donors (Lipinski definition) is 0. The lowest BCUT2D eigenvalue weighted by Gasteiger charge is -2.37. The predicted octanol–water partition coefficient (Wildman–Crippen LogP) is 2.94. The summed E-state index contributed by atoms with van der Waals surface area (Å²) in [6.07, 6.45) is 1.13. The molecule has 1 unspecified atom stereocenters. The fourth-order valence-corrected chi connectivity index (χ4v) is 2.79. The van der Waals surface area contributed by atoms with Crippen LogP contribution in [0.3, 0.4) is 0 Å². The van der Waals surface area contributed by atoms with E-state index in [1.165, 1.54) is 0 Å². The average Bonchev–Trinajstić information content (AvgIpc) is 2.46. The van der Waals surface area contributed by atoms with Crippen molar-refractivity contribution in [1.29, 1.82) is 0 Å². The van der Waals surface area contributed by atoms with Crippen molar-refractivity contribution in [2.45, 2.75) is 26.3 Å². The van der Waals surface area contributed by atoms with Gasteiger partial charge in [-0.25, -0.2) is 4.98 Å². The lowest BCUT2D eigenvalue weighted by molar-refractivity contribution is 0.0579. The topological polar surface area (TPSA) is 36.4 Å². The number of amides is 1. The molecule has 0 saturated carbocycles. The summed E-state index contributed by atoms with van der Waals surface area (Å²) in [6, 6.07) is 3.80. The molecule has 1 aromatic rings. The van der Waals surface area contributed by atoms with Crippen LogP contribution >= 0.6 is 23.2 Å². The first-order valence-electron chi connectivity index (χ1n) is 6.88. The van der Waals surface area contributed by atoms with Crippen LogP contribution < -0.4 is 0 Å². The van der Waals surface area contributed by atoms with Gasteiger partial charge in [0.25, 0.3) is 5.91 Å². The number of carbonyl (C=O) groups excluding carboxylic acids is 1. The lowest BCUT2D eigenvalue weighted by atomic mass is 10.1. The molecular weight excluding hydrogens is 297 g/mol. The van der Waals surface area contributed by atoms with Crippen LogP contribution in [0, 0.1) is 0 Å². The minimum absolute atomic E-state index is 0.0667. The molecule has 1 fully saturated rings. The van der Waals surface area contributed by atoms with Gasteiger partial charge in [-0.3, -0.25) is 9.69 Å². The van der Waals surface area contributed by atoms with Gasteiger partial charge in [-0.15, -0.1) is 0 Å². The van der Waals surface area contributed by atoms with Crippen LogP contribution in [0.2, 0.25) is 10.3 Å². The third-order valence-corrected chi connectivity index (χ3v) is 4.36. The molecule has 6 heteroatoms. The molecule has 0 spiro atoms. The number of aromatic nitrogens is 1. The molecule has 0 aliphatic carbocycles. The second-order valence-corrected chi connectivity index (χ2v) is 5.80. The third-order valence-electron chi connectivity index (χ3n) is 3.86. The van der Waals surface area contributed by atoms with E-state index in [1.807, 2.05) is 4.90 Å². The van der Waals surface area contributed by atoms with E-state index in [2.05, 4.69) is 23.7 Å². The molecular formula is C14H19Cl2N3O. The molecule has 1 aromatic heterocycles. The van der Waals surface area contributed by atoms with Gasteiger partial charge in [0, 0.05) is 32.2 Å². The second-order valence-electron chi connectivity index (χ2n) is 5.06. The number of piperazine rings is 1. The van der Waals surface area contributed by atoms with Gasteiger partial charge in [-0.2, -0.15) is 0 Å². The molecule has 1 aliphatic heterocycles. The Hall–Kier alpha value is -0.840. The minimum Gasteiger partial charge on any atom is -0.336 e. The lowest BCUT2D eigenvalue weighted by Crippen LogP contribution is -2.51. The average molecular weight is 316 g/mol. The number of rotatable bonds is 3. The van der Waals surface area contributed by atoms with E-state index in [1.54, 1.807) is 12.1 Å². The summed E-state index contributed by atoms with van der Waals surface area (Å²) in [5, 5.41) is 0.472. The van der Waals surface area contributed by atoms with E-state index in [-0.39, 0.29) is 11.1 Å². The Bertz CT molecular complexity index is 487. The van der Waals surface area contributed by atoms with E-state index in [9.17, 15) is 4.79 Å². The predicted molar refractivity (Wildman–Crippen MR) is 81.5 cm³/mol. The van der Waals surface area contributed by atoms with E-state index in [4.69, 9.17) is 23.2 Å². The summed E-state index contributed by atoms with van der Waals surface area (Å²) in [5.74, 6) is -0.0667. The van der Waals surface area contributed by atoms with Crippen LogP contribution in [0.25, 0.3) is 0 Å². The Morgan fingerprint density at radius 3 is 2.50 bits per heavy atom. The van der Waals surface area contributed by atoms with Gasteiger partial charge in [0.2, 0.25) is 0 Å². The summed E-state index contributed by atoms with van der Waals surface area (Å²) in [7, 11) is 0. The Morgan fingerprint density at radius 1 is 1.30 bits per heavy atom. The Morgan fingerprint density at radius 2 is 1.95 bits per heavy atom. The SMILES string of the molecule is CCC(C)N1CCN(C(=O)c2ccc(Cl)nc2Cl)CC1. The van der Waals surface area contributed by atoms with Crippen LogP contribution in [0.15, 0.2) is 12.1 Å². The highest BCUT2D eigenvalue weighted by atomic mass is 35.5. The van der Waals surface area contributed by atoms with Gasteiger partial charge < -0.3 is 4.90 Å². The van der Waals surface area contributed by atoms with Gasteiger partial charge in [-0.1, -0.05) is 30.1 Å². The van der Waals surface area contributed by atoms with Crippen molar-refractivity contribution in [2.75, 3.05) is 26.2 Å². The maximum atomic E-state index is 12.4. The molecule has 1 saturated heterocycles. The van der Waals surface area contributed by atoms with E-state index < -0.39 is 0 Å². The third kappa shape index (κ3) is 3.43. The van der Waals surface area contributed by atoms with E-state index in [0.29, 0.717) is 16.8 Å². The number of hydrogen-bond acceptors (Lipinski definition) is 3. The quantitative estimate of drug-likeness (QED) is 0.805. The van der Waals surface area contributed by atoms with Crippen LogP contribution in [-0.4, -0.2) is 52.9 Å². The van der Waals surface area contributed by atoms with Crippen molar-refractivity contribution >= 4 is 29.1 Å². The van der Waals surface area contributed by atoms with Crippen LogP contribution in [-0.2, 0) is 0 Å². The fraction of sp³-hybridized carbons (Fsp3) is 0.571. The molecule has 1 aliphatic rings. The number of halogens is 2. The molecule has 0 radical (unpaired) electrons. The minimum atomic E-state index is -0.0667. The molecule has 20 heavy (non-hydrogen) atoms. The molecule has 2 heterocycles. The largest absolute Gasteiger partial charge is 0.336 e. The Balaban J connectivity index is 2.01. The highest BCUT2D eigenvalue weighted by Crippen LogP contribution is 2.19. The van der Waals surface area contributed by atoms with Crippen molar-refractivity contribution < 1.29 is 4.79 Å². The van der Waals surface area contributed by atoms with Crippen molar-refractivity contribution in [3.8, 4) is 0 Å². The normalized spacial score (nSPS) is 18.1. The fourth-order valence-electron chi connectivity index (χ4n) is 2.37. The van der Waals surface area contributed by atoms with Crippen LogP contribution in [0.1, 0.15) is 30.6 Å². The molecule has 0 aromatic carbocycles. The highest BCUT2D eigenvalue weighted by molar-refractivity contribution is 6.34. The zero-order chi connectivity index (χ0) is 14.7. The maximum absolute atomic E-state index is 12.4. The van der Waals surface area contributed by atoms with Gasteiger partial charge in [0.05, 0.1) is 5.56 Å². The smallest absolute Gasteiger partial charge is 0.257 e. The Kier molecular flexibility index (Phi) is 5.24. The number of carbonyl (C=O) groups is 1. The zero-order valence-electron chi connectivity index (χ0n) is 11.8. The summed E-state index contributed by atoms with van der Waals surface area (Å²) in [6.45, 7) is 7.65. The summed E-state index contributed by atoms with van der Waals surface area (Å²) in [4.78, 5) is 20.6. The zero-order valence-corrected chi connectivity index (χ0v) is 13.3. The summed E-state index contributed by atoms with van der Waals surface area (Å²) in [5.41, 5.74) is 0.424. The molecule has 2 rings (SSSR count). The van der Waals surface area contributed by atoms with E-state index >= 15 is 0 Å². The first-order chi connectivity index (χ1) is 9.52. The first kappa shape index (κ1) is 15.5.